The fourth-order valence-corrected chi connectivity index (χ4v) is 8.87. The van der Waals surface area contributed by atoms with Crippen molar-refractivity contribution in [2.24, 2.45) is 5.92 Å². The van der Waals surface area contributed by atoms with Gasteiger partial charge in [-0.1, -0.05) is 0 Å². The van der Waals surface area contributed by atoms with Crippen molar-refractivity contribution in [3.63, 3.8) is 0 Å². The number of hydrogen-bond acceptors (Lipinski definition) is 16. The molecule has 2 aliphatic heterocycles. The smallest absolute Gasteiger partial charge is 0.325 e. The van der Waals surface area contributed by atoms with Gasteiger partial charge in [0.2, 0.25) is 5.95 Å². The minimum absolute atomic E-state index is 0.00135. The lowest BCUT2D eigenvalue weighted by atomic mass is 10.1. The van der Waals surface area contributed by atoms with Crippen molar-refractivity contribution >= 4 is 65.3 Å². The van der Waals surface area contributed by atoms with E-state index in [1.165, 1.54) is 28.1 Å². The van der Waals surface area contributed by atoms with E-state index in [1.54, 1.807) is 6.92 Å². The quantitative estimate of drug-likeness (QED) is 0.141. The summed E-state index contributed by atoms with van der Waals surface area (Å²) in [6.45, 7) is -7.21. The first-order valence-electron chi connectivity index (χ1n) is 13.5. The second-order valence-electron chi connectivity index (χ2n) is 10.8. The lowest BCUT2D eigenvalue weighted by Gasteiger charge is -2.29. The molecule has 0 radical (unpaired) electrons. The van der Waals surface area contributed by atoms with Crippen LogP contribution in [0.1, 0.15) is 24.4 Å². The minimum atomic E-state index is -4.10. The highest BCUT2D eigenvalue weighted by atomic mass is 32.5. The molecule has 23 heteroatoms. The van der Waals surface area contributed by atoms with Crippen LogP contribution in [0.15, 0.2) is 23.8 Å². The Labute approximate surface area is 262 Å². The van der Waals surface area contributed by atoms with Crippen LogP contribution < -0.4 is 11.3 Å². The predicted molar refractivity (Wildman–Crippen MR) is 160 cm³/mol. The molecule has 7 N–H and O–H groups in total. The number of nitrogens with zero attached hydrogens (tertiary/aromatic N) is 7. The highest BCUT2D eigenvalue weighted by molar-refractivity contribution is 8.07. The van der Waals surface area contributed by atoms with Gasteiger partial charge in [-0.15, -0.1) is 0 Å². The maximum absolute atomic E-state index is 12.3. The minimum Gasteiger partial charge on any atom is -0.388 e. The average molecular weight is 704 g/mol. The summed E-state index contributed by atoms with van der Waals surface area (Å²) in [5, 5.41) is 22.6. The van der Waals surface area contributed by atoms with Crippen molar-refractivity contribution in [1.29, 1.82) is 0 Å². The van der Waals surface area contributed by atoms with Crippen molar-refractivity contribution in [2.75, 3.05) is 18.9 Å². The molecule has 1 aliphatic carbocycles. The van der Waals surface area contributed by atoms with Gasteiger partial charge in [-0.2, -0.15) is 4.98 Å². The van der Waals surface area contributed by atoms with Crippen LogP contribution in [0.4, 0.5) is 5.95 Å². The summed E-state index contributed by atoms with van der Waals surface area (Å²) in [4.78, 5) is 57.9. The van der Waals surface area contributed by atoms with Gasteiger partial charge in [0.05, 0.1) is 37.6 Å². The number of nitrogens with one attached hydrogen (secondary N) is 1. The van der Waals surface area contributed by atoms with Crippen LogP contribution in [0.25, 0.3) is 22.3 Å². The number of nitrogen functional groups attached to an aromatic ring is 1. The Hall–Kier alpha value is -2.36. The fraction of sp³-hybridized carbons (Fsp3) is 0.545. The third-order valence-electron chi connectivity index (χ3n) is 8.04. The zero-order valence-corrected chi connectivity index (χ0v) is 26.6. The van der Waals surface area contributed by atoms with Gasteiger partial charge in [0.25, 0.3) is 5.56 Å². The number of hydrogen-bond donors (Lipinski definition) is 6. The van der Waals surface area contributed by atoms with Crippen molar-refractivity contribution < 1.29 is 42.8 Å². The maximum Gasteiger partial charge on any atom is 0.325 e. The molecule has 7 rings (SSSR count). The zero-order valence-electron chi connectivity index (χ0n) is 23.1. The number of aliphatic hydroxyl groups excluding tert-OH is 2. The summed E-state index contributed by atoms with van der Waals surface area (Å²) in [5.74, 6) is -0.880. The molecular formula is C22H27N9O10P2S2. The van der Waals surface area contributed by atoms with Crippen LogP contribution in [0.3, 0.4) is 0 Å². The molecule has 1 saturated carbocycles. The number of imidazole rings is 2. The standard InChI is InChI=1S/C22H27N9O10P2S2/c1-8-12-18(25-5-24-8)31(7-26-12)21-17-15(33)11(39-21)4-38-43(36,45)40-16-9(3-37-42(35,44)41-17)2-10(14(16)32)30-6-27-13-19(30)28-22(23)29-20(13)34/h5-7,9-11,14-17,21,32-33H,2-4H2,1H3,(H,35,44)(H,36,45)(H3,23,28,29,34)/t9-,10-,11-,14+,15-,16-,17-,21-,42?,43?/m1/s1. The molecule has 0 aromatic carbocycles. The van der Waals surface area contributed by atoms with Gasteiger partial charge in [-0.05, 0) is 37.0 Å². The van der Waals surface area contributed by atoms with Gasteiger partial charge in [0.1, 0.15) is 42.4 Å². The largest absolute Gasteiger partial charge is 0.388 e. The van der Waals surface area contributed by atoms with E-state index >= 15 is 0 Å². The van der Waals surface area contributed by atoms with Crippen LogP contribution in [0.2, 0.25) is 0 Å². The lowest BCUT2D eigenvalue weighted by Crippen LogP contribution is -2.35. The first kappa shape index (κ1) is 31.3. The number of aromatic nitrogens is 8. The molecule has 2 bridgehead atoms. The average Bonchev–Trinajstić information content (AvgIpc) is 3.72. The number of rotatable bonds is 2. The molecule has 3 aliphatic rings. The summed E-state index contributed by atoms with van der Waals surface area (Å²) in [5.41, 5.74) is 6.75. The number of nitrogens with two attached hydrogens (primary N) is 1. The van der Waals surface area contributed by atoms with Crippen LogP contribution in [-0.2, 0) is 46.4 Å². The Bertz CT molecular complexity index is 1940. The first-order chi connectivity index (χ1) is 21.3. The van der Waals surface area contributed by atoms with E-state index in [0.29, 0.717) is 16.9 Å². The molecule has 6 heterocycles. The molecule has 0 amide bonds. The molecular weight excluding hydrogens is 676 g/mol. The number of aliphatic hydroxyl groups is 2. The summed E-state index contributed by atoms with van der Waals surface area (Å²) in [6.07, 6.45) is -3.28. The van der Waals surface area contributed by atoms with E-state index in [1.807, 2.05) is 0 Å². The Morgan fingerprint density at radius 2 is 1.64 bits per heavy atom. The predicted octanol–water partition coefficient (Wildman–Crippen LogP) is -0.719. The first-order valence-corrected chi connectivity index (χ1v) is 18.7. The number of anilines is 1. The molecule has 4 aromatic rings. The van der Waals surface area contributed by atoms with E-state index in [2.05, 4.69) is 29.9 Å². The van der Waals surface area contributed by atoms with Gasteiger partial charge in [-0.3, -0.25) is 18.9 Å². The van der Waals surface area contributed by atoms with Gasteiger partial charge in [0, 0.05) is 5.92 Å². The highest BCUT2D eigenvalue weighted by Gasteiger charge is 2.52. The Morgan fingerprint density at radius 3 is 2.42 bits per heavy atom. The second-order valence-corrected chi connectivity index (χ2v) is 16.4. The molecule has 242 valence electrons. The second kappa shape index (κ2) is 11.4. The molecule has 2 unspecified atom stereocenters. The molecule has 45 heavy (non-hydrogen) atoms. The van der Waals surface area contributed by atoms with Gasteiger partial charge in [-0.25, -0.2) is 19.9 Å². The third-order valence-corrected chi connectivity index (χ3v) is 11.2. The van der Waals surface area contributed by atoms with Crippen LogP contribution >= 0.6 is 13.4 Å². The lowest BCUT2D eigenvalue weighted by molar-refractivity contribution is -0.0548. The third kappa shape index (κ3) is 5.65. The monoisotopic (exact) mass is 703 g/mol. The molecule has 4 aromatic heterocycles. The number of H-pyrrole nitrogens is 1. The zero-order chi connectivity index (χ0) is 31.8. The Balaban J connectivity index is 1.21. The number of fused-ring (bicyclic) bond motifs is 5. The van der Waals surface area contributed by atoms with Crippen molar-refractivity contribution in [3.8, 4) is 0 Å². The van der Waals surface area contributed by atoms with Crippen LogP contribution in [0, 0.1) is 12.8 Å². The van der Waals surface area contributed by atoms with Gasteiger partial charge in [0.15, 0.2) is 23.0 Å². The molecule has 10 atom stereocenters. The molecule has 3 fully saturated rings. The van der Waals surface area contributed by atoms with E-state index < -0.39 is 74.3 Å². The molecule has 19 nitrogen and oxygen atoms in total. The Morgan fingerprint density at radius 1 is 0.956 bits per heavy atom. The van der Waals surface area contributed by atoms with Gasteiger partial charge >= 0.3 is 13.4 Å². The summed E-state index contributed by atoms with van der Waals surface area (Å²) >= 11 is 10.6. The topological polar surface area (TPSA) is 260 Å². The molecule has 0 spiro atoms. The fourth-order valence-electron chi connectivity index (χ4n) is 5.93. The Kier molecular flexibility index (Phi) is 7.92. The summed E-state index contributed by atoms with van der Waals surface area (Å²) < 4.78 is 32.0. The molecule has 2 saturated heterocycles. The van der Waals surface area contributed by atoms with E-state index in [4.69, 9.17) is 52.2 Å². The van der Waals surface area contributed by atoms with E-state index in [0.717, 1.165) is 0 Å². The number of aromatic amines is 1. The van der Waals surface area contributed by atoms with Gasteiger partial charge < -0.3 is 48.6 Å². The van der Waals surface area contributed by atoms with Crippen LogP contribution in [0.5, 0.6) is 0 Å². The van der Waals surface area contributed by atoms with E-state index in [9.17, 15) is 24.8 Å². The van der Waals surface area contributed by atoms with Crippen LogP contribution in [-0.4, -0.2) is 103 Å². The van der Waals surface area contributed by atoms with Crippen molar-refractivity contribution in [3.05, 3.63) is 35.0 Å². The normalized spacial score (nSPS) is 37.7. The van der Waals surface area contributed by atoms with Crippen molar-refractivity contribution in [2.45, 2.75) is 56.1 Å². The SMILES string of the molecule is Cc1ncnc2c1ncn2[C@@H]1O[C@@H]2COP(O)(=S)O[C@@H]3[C@@H](COP(O)(=S)O[C@@H]1[C@@H]2O)C[C@@H](n1cnc2c(=O)[nH]c(N)nc21)[C@@H]3O. The number of aryl methyl sites for hydroxylation is 1. The summed E-state index contributed by atoms with van der Waals surface area (Å²) in [7, 11) is 0. The summed E-state index contributed by atoms with van der Waals surface area (Å²) in [6, 6.07) is -0.798. The maximum atomic E-state index is 12.3. The highest BCUT2D eigenvalue weighted by Crippen LogP contribution is 2.55. The number of ether oxygens (including phenoxy) is 1. The van der Waals surface area contributed by atoms with E-state index in [-0.39, 0.29) is 30.1 Å². The van der Waals surface area contributed by atoms with Crippen molar-refractivity contribution in [1.82, 2.24) is 39.0 Å².